The van der Waals surface area contributed by atoms with Gasteiger partial charge in [0.2, 0.25) is 5.91 Å². The van der Waals surface area contributed by atoms with Gasteiger partial charge in [0, 0.05) is 18.0 Å². The zero-order valence-corrected chi connectivity index (χ0v) is 15.6. The first-order valence-corrected chi connectivity index (χ1v) is 8.28. The molecular weight excluding hydrogens is 330 g/mol. The standard InChI is InChI=1S/C17H23N3OS.ClH/c1-10-5-7-14(8-6-10)17-20-13(4)15(22-17)12(3)19-16(21)11(2)9-18;/h5-8,11-12H,9,18H2,1-4H3,(H,19,21);1H. The van der Waals surface area contributed by atoms with E-state index in [1.54, 1.807) is 11.3 Å². The highest BCUT2D eigenvalue weighted by atomic mass is 35.5. The molecule has 2 atom stereocenters. The molecule has 1 heterocycles. The number of carbonyl (C=O) groups is 1. The first kappa shape index (κ1) is 19.6. The summed E-state index contributed by atoms with van der Waals surface area (Å²) in [5.74, 6) is -0.188. The van der Waals surface area contributed by atoms with E-state index in [-0.39, 0.29) is 30.3 Å². The third kappa shape index (κ3) is 4.77. The summed E-state index contributed by atoms with van der Waals surface area (Å²) < 4.78 is 0. The number of hydrogen-bond donors (Lipinski definition) is 2. The van der Waals surface area contributed by atoms with Crippen molar-refractivity contribution in [1.82, 2.24) is 10.3 Å². The van der Waals surface area contributed by atoms with Gasteiger partial charge in [0.15, 0.2) is 0 Å². The molecule has 0 fully saturated rings. The lowest BCUT2D eigenvalue weighted by molar-refractivity contribution is -0.124. The first-order chi connectivity index (χ1) is 10.4. The predicted octanol–water partition coefficient (Wildman–Crippen LogP) is 3.62. The van der Waals surface area contributed by atoms with Crippen LogP contribution in [0.4, 0.5) is 0 Å². The van der Waals surface area contributed by atoms with E-state index < -0.39 is 0 Å². The average Bonchev–Trinajstić information content (AvgIpc) is 2.89. The topological polar surface area (TPSA) is 68.0 Å². The van der Waals surface area contributed by atoms with E-state index in [2.05, 4.69) is 41.5 Å². The number of hydrogen-bond acceptors (Lipinski definition) is 4. The smallest absolute Gasteiger partial charge is 0.224 e. The molecule has 2 rings (SSSR count). The van der Waals surface area contributed by atoms with Gasteiger partial charge in [-0.15, -0.1) is 23.7 Å². The maximum atomic E-state index is 12.0. The number of thiazole rings is 1. The molecule has 1 amide bonds. The highest BCUT2D eigenvalue weighted by molar-refractivity contribution is 7.15. The maximum absolute atomic E-state index is 12.0. The van der Waals surface area contributed by atoms with E-state index in [9.17, 15) is 4.79 Å². The number of rotatable bonds is 5. The summed E-state index contributed by atoms with van der Waals surface area (Å²) in [5.41, 5.74) is 8.85. The highest BCUT2D eigenvalue weighted by Gasteiger charge is 2.19. The molecule has 0 radical (unpaired) electrons. The fraction of sp³-hybridized carbons (Fsp3) is 0.412. The molecule has 0 spiro atoms. The predicted molar refractivity (Wildman–Crippen MR) is 99.0 cm³/mol. The molecule has 0 aliphatic carbocycles. The van der Waals surface area contributed by atoms with Crippen LogP contribution in [0.1, 0.15) is 36.0 Å². The molecule has 3 N–H and O–H groups in total. The fourth-order valence-electron chi connectivity index (χ4n) is 2.16. The van der Waals surface area contributed by atoms with Crippen LogP contribution in [-0.2, 0) is 4.79 Å². The molecule has 6 heteroatoms. The minimum atomic E-state index is -0.174. The van der Waals surface area contributed by atoms with Crippen molar-refractivity contribution in [3.8, 4) is 10.6 Å². The zero-order valence-electron chi connectivity index (χ0n) is 13.9. The SMILES string of the molecule is Cc1ccc(-c2nc(C)c(C(C)NC(=O)C(C)CN)s2)cc1.Cl. The summed E-state index contributed by atoms with van der Waals surface area (Å²) >= 11 is 1.63. The Bertz CT molecular complexity index is 654. The normalized spacial score (nSPS) is 13.1. The van der Waals surface area contributed by atoms with Crippen molar-refractivity contribution >= 4 is 29.7 Å². The summed E-state index contributed by atoms with van der Waals surface area (Å²) in [5, 5.41) is 4.00. The Morgan fingerprint density at radius 3 is 2.43 bits per heavy atom. The Morgan fingerprint density at radius 2 is 1.87 bits per heavy atom. The first-order valence-electron chi connectivity index (χ1n) is 7.47. The quantitative estimate of drug-likeness (QED) is 0.862. The highest BCUT2D eigenvalue weighted by Crippen LogP contribution is 2.31. The zero-order chi connectivity index (χ0) is 16.3. The van der Waals surface area contributed by atoms with E-state index in [1.807, 2.05) is 20.8 Å². The van der Waals surface area contributed by atoms with Crippen molar-refractivity contribution in [2.75, 3.05) is 6.54 Å². The lowest BCUT2D eigenvalue weighted by Gasteiger charge is -2.15. The Kier molecular flexibility index (Phi) is 7.19. The number of nitrogens with two attached hydrogens (primary N) is 1. The van der Waals surface area contributed by atoms with Gasteiger partial charge >= 0.3 is 0 Å². The number of aromatic nitrogens is 1. The van der Waals surface area contributed by atoms with Crippen LogP contribution in [0.15, 0.2) is 24.3 Å². The largest absolute Gasteiger partial charge is 0.348 e. The van der Waals surface area contributed by atoms with Gasteiger partial charge in [-0.3, -0.25) is 4.79 Å². The molecule has 2 aromatic rings. The second-order valence-corrected chi connectivity index (χ2v) is 6.73. The lowest BCUT2D eigenvalue weighted by atomic mass is 10.1. The van der Waals surface area contributed by atoms with Gasteiger partial charge in [0.25, 0.3) is 0 Å². The van der Waals surface area contributed by atoms with Crippen LogP contribution in [0, 0.1) is 19.8 Å². The van der Waals surface area contributed by atoms with Gasteiger partial charge in [0.1, 0.15) is 5.01 Å². The second-order valence-electron chi connectivity index (χ2n) is 5.70. The summed E-state index contributed by atoms with van der Waals surface area (Å²) in [6, 6.07) is 8.27. The second kappa shape index (κ2) is 8.43. The third-order valence-electron chi connectivity index (χ3n) is 3.68. The van der Waals surface area contributed by atoms with Gasteiger partial charge < -0.3 is 11.1 Å². The molecule has 0 aliphatic rings. The number of benzene rings is 1. The van der Waals surface area contributed by atoms with Crippen LogP contribution >= 0.6 is 23.7 Å². The van der Waals surface area contributed by atoms with E-state index in [0.29, 0.717) is 6.54 Å². The number of nitrogens with zero attached hydrogens (tertiary/aromatic N) is 1. The molecule has 1 aromatic carbocycles. The van der Waals surface area contributed by atoms with Crippen LogP contribution in [0.3, 0.4) is 0 Å². The Balaban J connectivity index is 0.00000264. The number of halogens is 1. The van der Waals surface area contributed by atoms with Crippen LogP contribution in [0.5, 0.6) is 0 Å². The lowest BCUT2D eigenvalue weighted by Crippen LogP contribution is -2.34. The minimum Gasteiger partial charge on any atom is -0.348 e. The van der Waals surface area contributed by atoms with E-state index in [0.717, 1.165) is 21.1 Å². The van der Waals surface area contributed by atoms with Crippen molar-refractivity contribution in [2.45, 2.75) is 33.7 Å². The van der Waals surface area contributed by atoms with Crippen molar-refractivity contribution < 1.29 is 4.79 Å². The van der Waals surface area contributed by atoms with Crippen molar-refractivity contribution in [2.24, 2.45) is 11.7 Å². The summed E-state index contributed by atoms with van der Waals surface area (Å²) in [6.07, 6.45) is 0. The van der Waals surface area contributed by atoms with Crippen molar-refractivity contribution in [3.05, 3.63) is 40.4 Å². The Labute approximate surface area is 147 Å². The van der Waals surface area contributed by atoms with Gasteiger partial charge in [-0.05, 0) is 20.8 Å². The van der Waals surface area contributed by atoms with Gasteiger partial charge in [0.05, 0.1) is 16.6 Å². The molecule has 126 valence electrons. The van der Waals surface area contributed by atoms with E-state index in [1.165, 1.54) is 5.56 Å². The number of amides is 1. The fourth-order valence-corrected chi connectivity index (χ4v) is 3.23. The molecule has 0 bridgehead atoms. The third-order valence-corrected chi connectivity index (χ3v) is 5.07. The summed E-state index contributed by atoms with van der Waals surface area (Å²) in [7, 11) is 0. The summed E-state index contributed by atoms with van der Waals surface area (Å²) in [4.78, 5) is 17.7. The van der Waals surface area contributed by atoms with Crippen LogP contribution in [0.2, 0.25) is 0 Å². The van der Waals surface area contributed by atoms with Gasteiger partial charge in [-0.1, -0.05) is 36.8 Å². The number of aryl methyl sites for hydroxylation is 2. The average molecular weight is 354 g/mol. The Hall–Kier alpha value is -1.43. The molecule has 0 aliphatic heterocycles. The molecular formula is C17H24ClN3OS. The van der Waals surface area contributed by atoms with Crippen LogP contribution < -0.4 is 11.1 Å². The number of carbonyl (C=O) groups excluding carboxylic acids is 1. The van der Waals surface area contributed by atoms with E-state index >= 15 is 0 Å². The van der Waals surface area contributed by atoms with E-state index in [4.69, 9.17) is 5.73 Å². The Morgan fingerprint density at radius 1 is 1.26 bits per heavy atom. The molecule has 4 nitrogen and oxygen atoms in total. The molecule has 0 saturated carbocycles. The van der Waals surface area contributed by atoms with Crippen molar-refractivity contribution in [3.63, 3.8) is 0 Å². The van der Waals surface area contributed by atoms with Gasteiger partial charge in [-0.25, -0.2) is 4.98 Å². The van der Waals surface area contributed by atoms with Crippen LogP contribution in [-0.4, -0.2) is 17.4 Å². The molecule has 2 unspecified atom stereocenters. The van der Waals surface area contributed by atoms with Crippen molar-refractivity contribution in [1.29, 1.82) is 0 Å². The monoisotopic (exact) mass is 353 g/mol. The number of nitrogens with one attached hydrogen (secondary N) is 1. The molecule has 0 saturated heterocycles. The van der Waals surface area contributed by atoms with Gasteiger partial charge in [-0.2, -0.15) is 0 Å². The molecule has 1 aromatic heterocycles. The van der Waals surface area contributed by atoms with Crippen LogP contribution in [0.25, 0.3) is 10.6 Å². The summed E-state index contributed by atoms with van der Waals surface area (Å²) in [6.45, 7) is 8.23. The maximum Gasteiger partial charge on any atom is 0.224 e. The molecule has 23 heavy (non-hydrogen) atoms. The minimum absolute atomic E-state index is 0.